The summed E-state index contributed by atoms with van der Waals surface area (Å²) in [5.41, 5.74) is -0.00357. The van der Waals surface area contributed by atoms with E-state index in [9.17, 15) is 19.2 Å². The molecule has 4 rings (SSSR count). The maximum Gasteiger partial charge on any atom is 0.331 e. The van der Waals surface area contributed by atoms with Crippen LogP contribution in [0, 0.1) is 0 Å². The van der Waals surface area contributed by atoms with Crippen LogP contribution in [0.4, 0.5) is 5.69 Å². The second-order valence-corrected chi connectivity index (χ2v) is 8.54. The summed E-state index contributed by atoms with van der Waals surface area (Å²) in [6, 6.07) is 13.8. The van der Waals surface area contributed by atoms with Gasteiger partial charge in [-0.3, -0.25) is 23.5 Å². The van der Waals surface area contributed by atoms with Crippen LogP contribution in [0.3, 0.4) is 0 Å². The fourth-order valence-corrected chi connectivity index (χ4v) is 4.42. The Balaban J connectivity index is 1.70. The molecule has 0 aliphatic carbocycles. The van der Waals surface area contributed by atoms with Crippen LogP contribution in [0.1, 0.15) is 33.6 Å². The summed E-state index contributed by atoms with van der Waals surface area (Å²) in [4.78, 5) is 53.9. The molecule has 1 aliphatic rings. The summed E-state index contributed by atoms with van der Waals surface area (Å²) < 4.78 is 8.38. The van der Waals surface area contributed by atoms with Gasteiger partial charge in [0, 0.05) is 12.6 Å². The zero-order valence-corrected chi connectivity index (χ0v) is 20.2. The second-order valence-electron chi connectivity index (χ2n) is 8.54. The van der Waals surface area contributed by atoms with Gasteiger partial charge in [-0.1, -0.05) is 38.1 Å². The summed E-state index contributed by atoms with van der Waals surface area (Å²) in [5.74, 6) is -0.240. The van der Waals surface area contributed by atoms with Gasteiger partial charge in [0.1, 0.15) is 12.3 Å². The number of aromatic nitrogens is 2. The number of hydrogen-bond donors (Lipinski definition) is 1. The molecule has 0 radical (unpaired) electrons. The Bertz CT molecular complexity index is 1370. The van der Waals surface area contributed by atoms with Crippen molar-refractivity contribution in [2.75, 3.05) is 11.4 Å². The fraction of sp³-hybridized carbons (Fsp3) is 0.385. The van der Waals surface area contributed by atoms with Crippen molar-refractivity contribution in [1.29, 1.82) is 0 Å². The van der Waals surface area contributed by atoms with Crippen molar-refractivity contribution in [1.82, 2.24) is 14.5 Å². The number of amides is 2. The van der Waals surface area contributed by atoms with E-state index in [0.29, 0.717) is 22.3 Å². The Hall–Kier alpha value is -3.88. The third-order valence-corrected chi connectivity index (χ3v) is 6.44. The van der Waals surface area contributed by atoms with Crippen molar-refractivity contribution in [3.05, 3.63) is 69.4 Å². The number of nitrogens with one attached hydrogen (secondary N) is 1. The third-order valence-electron chi connectivity index (χ3n) is 6.44. The minimum absolute atomic E-state index is 0.0158. The lowest BCUT2D eigenvalue weighted by Crippen LogP contribution is -2.53. The zero-order chi connectivity index (χ0) is 25.1. The molecule has 0 saturated heterocycles. The van der Waals surface area contributed by atoms with Crippen LogP contribution in [-0.4, -0.2) is 39.6 Å². The van der Waals surface area contributed by atoms with Gasteiger partial charge in [-0.15, -0.1) is 0 Å². The lowest BCUT2D eigenvalue weighted by Gasteiger charge is -2.35. The molecular weight excluding hydrogens is 448 g/mol. The first-order chi connectivity index (χ1) is 16.9. The summed E-state index contributed by atoms with van der Waals surface area (Å²) in [5, 5.41) is 3.35. The van der Waals surface area contributed by atoms with Crippen LogP contribution in [0.15, 0.2) is 58.1 Å². The van der Waals surface area contributed by atoms with Crippen LogP contribution in [0.25, 0.3) is 10.9 Å². The van der Waals surface area contributed by atoms with Crippen LogP contribution in [0.2, 0.25) is 0 Å². The molecule has 0 saturated carbocycles. The maximum atomic E-state index is 13.6. The van der Waals surface area contributed by atoms with E-state index < -0.39 is 11.8 Å². The highest BCUT2D eigenvalue weighted by Crippen LogP contribution is 2.33. The number of anilines is 1. The Labute approximate surface area is 202 Å². The van der Waals surface area contributed by atoms with Gasteiger partial charge < -0.3 is 15.0 Å². The largest absolute Gasteiger partial charge is 0.477 e. The second kappa shape index (κ2) is 10.2. The van der Waals surface area contributed by atoms with Crippen molar-refractivity contribution in [3.63, 3.8) is 0 Å². The lowest BCUT2D eigenvalue weighted by molar-refractivity contribution is -0.129. The molecule has 2 heterocycles. The number of ether oxygens (including phenoxy) is 1. The van der Waals surface area contributed by atoms with Gasteiger partial charge in [-0.2, -0.15) is 0 Å². The van der Waals surface area contributed by atoms with Crippen LogP contribution < -0.4 is 26.2 Å². The molecule has 9 heteroatoms. The normalized spacial score (nSPS) is 15.1. The minimum Gasteiger partial charge on any atom is -0.477 e. The molecule has 1 aliphatic heterocycles. The quantitative estimate of drug-likeness (QED) is 0.561. The number of hydrogen-bond acceptors (Lipinski definition) is 5. The van der Waals surface area contributed by atoms with E-state index >= 15 is 0 Å². The summed E-state index contributed by atoms with van der Waals surface area (Å²) in [7, 11) is 0. The van der Waals surface area contributed by atoms with Gasteiger partial charge in [0.25, 0.3) is 11.5 Å². The first kappa shape index (κ1) is 24.3. The number of nitrogens with zero attached hydrogens (tertiary/aromatic N) is 3. The molecule has 3 aromatic rings. The van der Waals surface area contributed by atoms with Crippen molar-refractivity contribution < 1.29 is 14.3 Å². The first-order valence-electron chi connectivity index (χ1n) is 12.0. The summed E-state index contributed by atoms with van der Waals surface area (Å²) in [6.07, 6.45) is 0.696. The average molecular weight is 479 g/mol. The van der Waals surface area contributed by atoms with Gasteiger partial charge in [0.05, 0.1) is 23.1 Å². The lowest BCUT2D eigenvalue weighted by atomic mass is 10.1. The smallest absolute Gasteiger partial charge is 0.331 e. The zero-order valence-electron chi connectivity index (χ0n) is 20.2. The van der Waals surface area contributed by atoms with E-state index in [-0.39, 0.29) is 43.0 Å². The molecule has 2 aromatic carbocycles. The molecule has 1 N–H and O–H groups in total. The summed E-state index contributed by atoms with van der Waals surface area (Å²) in [6.45, 7) is 5.63. The maximum absolute atomic E-state index is 13.6. The Morgan fingerprint density at radius 3 is 2.40 bits per heavy atom. The third kappa shape index (κ3) is 4.58. The first-order valence-corrected chi connectivity index (χ1v) is 12.0. The molecule has 2 amide bonds. The highest BCUT2D eigenvalue weighted by molar-refractivity contribution is 5.97. The number of fused-ring (bicyclic) bond motifs is 2. The van der Waals surface area contributed by atoms with Crippen molar-refractivity contribution in [2.24, 2.45) is 0 Å². The van der Waals surface area contributed by atoms with Crippen molar-refractivity contribution in [2.45, 2.75) is 58.8 Å². The molecule has 0 fully saturated rings. The van der Waals surface area contributed by atoms with E-state index in [4.69, 9.17) is 4.74 Å². The number of rotatable bonds is 7. The number of para-hydroxylation sites is 3. The summed E-state index contributed by atoms with van der Waals surface area (Å²) >= 11 is 0. The molecule has 184 valence electrons. The van der Waals surface area contributed by atoms with E-state index in [1.807, 2.05) is 13.8 Å². The predicted molar refractivity (Wildman–Crippen MR) is 134 cm³/mol. The predicted octanol–water partition coefficient (Wildman–Crippen LogP) is 2.28. The standard InChI is InChI=1S/C26H30N4O5/c1-4-17(5-2)27-24(32)22-15-29(20-13-9-10-14-21(20)35-22)23(31)16-30-19-12-8-7-11-18(19)25(33)28(6-3)26(30)34/h7-14,17,22H,4-6,15-16H2,1-3H3,(H,27,32). The molecule has 1 atom stereocenters. The van der Waals surface area contributed by atoms with E-state index in [1.54, 1.807) is 55.5 Å². The van der Waals surface area contributed by atoms with E-state index in [0.717, 1.165) is 17.4 Å². The fourth-order valence-electron chi connectivity index (χ4n) is 4.42. The van der Waals surface area contributed by atoms with Gasteiger partial charge in [0.15, 0.2) is 6.10 Å². The number of carbonyl (C=O) groups excluding carboxylic acids is 2. The van der Waals surface area contributed by atoms with Gasteiger partial charge in [-0.05, 0) is 44.0 Å². The Morgan fingerprint density at radius 2 is 1.69 bits per heavy atom. The van der Waals surface area contributed by atoms with Crippen LogP contribution in [0.5, 0.6) is 5.75 Å². The molecule has 9 nitrogen and oxygen atoms in total. The molecule has 0 spiro atoms. The highest BCUT2D eigenvalue weighted by Gasteiger charge is 2.34. The highest BCUT2D eigenvalue weighted by atomic mass is 16.5. The van der Waals surface area contributed by atoms with Crippen molar-refractivity contribution >= 4 is 28.4 Å². The van der Waals surface area contributed by atoms with E-state index in [1.165, 1.54) is 9.47 Å². The minimum atomic E-state index is -0.882. The van der Waals surface area contributed by atoms with Crippen LogP contribution in [-0.2, 0) is 22.7 Å². The molecule has 1 unspecified atom stereocenters. The topological polar surface area (TPSA) is 103 Å². The molecule has 1 aromatic heterocycles. The Morgan fingerprint density at radius 1 is 1.00 bits per heavy atom. The molecular formula is C26H30N4O5. The number of carbonyl (C=O) groups is 2. The van der Waals surface area contributed by atoms with Crippen molar-refractivity contribution in [3.8, 4) is 5.75 Å². The average Bonchev–Trinajstić information content (AvgIpc) is 2.89. The van der Waals surface area contributed by atoms with E-state index in [2.05, 4.69) is 5.32 Å². The van der Waals surface area contributed by atoms with Gasteiger partial charge >= 0.3 is 5.69 Å². The molecule has 0 bridgehead atoms. The molecule has 35 heavy (non-hydrogen) atoms. The monoisotopic (exact) mass is 478 g/mol. The Kier molecular flexibility index (Phi) is 7.04. The van der Waals surface area contributed by atoms with Gasteiger partial charge in [-0.25, -0.2) is 4.79 Å². The SMILES string of the molecule is CCC(CC)NC(=O)C1CN(C(=O)Cn2c(=O)n(CC)c(=O)c3ccccc32)c2ccccc2O1. The van der Waals surface area contributed by atoms with Crippen LogP contribution >= 0.6 is 0 Å². The number of benzene rings is 2. The van der Waals surface area contributed by atoms with Gasteiger partial charge in [0.2, 0.25) is 5.91 Å².